The van der Waals surface area contributed by atoms with Gasteiger partial charge in [0.15, 0.2) is 0 Å². The van der Waals surface area contributed by atoms with Gasteiger partial charge in [-0.1, -0.05) is 12.1 Å². The van der Waals surface area contributed by atoms with Gasteiger partial charge in [-0.05, 0) is 18.2 Å². The van der Waals surface area contributed by atoms with Gasteiger partial charge in [-0.15, -0.1) is 0 Å². The molecular formula is C15H15N5O. The van der Waals surface area contributed by atoms with Crippen molar-refractivity contribution < 1.29 is 0 Å². The first-order valence-electron chi connectivity index (χ1n) is 6.94. The Balaban J connectivity index is 1.69. The van der Waals surface area contributed by atoms with E-state index < -0.39 is 0 Å². The number of hydrogen-bond donors (Lipinski definition) is 0. The Labute approximate surface area is 121 Å². The van der Waals surface area contributed by atoms with E-state index in [1.165, 1.54) is 0 Å². The van der Waals surface area contributed by atoms with E-state index in [9.17, 15) is 4.79 Å². The predicted molar refractivity (Wildman–Crippen MR) is 80.5 cm³/mol. The average molecular weight is 281 g/mol. The molecule has 0 amide bonds. The molecule has 0 bridgehead atoms. The maximum absolute atomic E-state index is 12.4. The fourth-order valence-corrected chi connectivity index (χ4v) is 2.77. The molecule has 1 fully saturated rings. The second kappa shape index (κ2) is 4.44. The Kier molecular flexibility index (Phi) is 2.57. The molecule has 0 spiro atoms. The van der Waals surface area contributed by atoms with E-state index in [0.29, 0.717) is 11.4 Å². The lowest BCUT2D eigenvalue weighted by molar-refractivity contribution is 0.360. The quantitative estimate of drug-likeness (QED) is 0.708. The van der Waals surface area contributed by atoms with Gasteiger partial charge in [-0.25, -0.2) is 4.98 Å². The molecule has 1 saturated heterocycles. The molecule has 3 heterocycles. The van der Waals surface area contributed by atoms with Crippen LogP contribution in [-0.2, 0) is 7.05 Å². The van der Waals surface area contributed by atoms with E-state index in [1.54, 1.807) is 17.8 Å². The van der Waals surface area contributed by atoms with Gasteiger partial charge in [0.1, 0.15) is 0 Å². The van der Waals surface area contributed by atoms with Crippen molar-refractivity contribution >= 4 is 16.9 Å². The minimum atomic E-state index is -0.00172. The van der Waals surface area contributed by atoms with Crippen molar-refractivity contribution in [2.75, 3.05) is 18.0 Å². The van der Waals surface area contributed by atoms with Crippen molar-refractivity contribution in [2.24, 2.45) is 7.05 Å². The third-order valence-corrected chi connectivity index (χ3v) is 4.00. The Hall–Kier alpha value is -2.63. The summed E-state index contributed by atoms with van der Waals surface area (Å²) in [7, 11) is 1.78. The van der Waals surface area contributed by atoms with Crippen LogP contribution in [0.2, 0.25) is 0 Å². The minimum Gasteiger partial charge on any atom is -0.338 e. The molecule has 1 aromatic carbocycles. The smallest absolute Gasteiger partial charge is 0.262 e. The maximum atomic E-state index is 12.4. The highest BCUT2D eigenvalue weighted by molar-refractivity contribution is 5.78. The fourth-order valence-electron chi connectivity index (χ4n) is 2.77. The highest BCUT2D eigenvalue weighted by atomic mass is 16.1. The average Bonchev–Trinajstić information content (AvgIpc) is 2.96. The van der Waals surface area contributed by atoms with Crippen LogP contribution in [0.1, 0.15) is 6.04 Å². The summed E-state index contributed by atoms with van der Waals surface area (Å²) in [6.45, 7) is 1.64. The van der Waals surface area contributed by atoms with Crippen LogP contribution in [0.3, 0.4) is 0 Å². The zero-order chi connectivity index (χ0) is 14.4. The Morgan fingerprint density at radius 1 is 1.19 bits per heavy atom. The maximum Gasteiger partial charge on any atom is 0.262 e. The van der Waals surface area contributed by atoms with Crippen LogP contribution >= 0.6 is 0 Å². The summed E-state index contributed by atoms with van der Waals surface area (Å²) < 4.78 is 3.58. The molecule has 0 unspecified atom stereocenters. The molecule has 6 nitrogen and oxygen atoms in total. The number of anilines is 1. The minimum absolute atomic E-state index is 0.00172. The number of hydrogen-bond acceptors (Lipinski definition) is 4. The zero-order valence-electron chi connectivity index (χ0n) is 11.7. The molecule has 2 aromatic heterocycles. The summed E-state index contributed by atoms with van der Waals surface area (Å²) >= 11 is 0. The highest BCUT2D eigenvalue weighted by Crippen LogP contribution is 2.25. The summed E-state index contributed by atoms with van der Waals surface area (Å²) in [5, 5.41) is 4.92. The van der Waals surface area contributed by atoms with Gasteiger partial charge in [0.25, 0.3) is 5.56 Å². The second-order valence-corrected chi connectivity index (χ2v) is 5.34. The van der Waals surface area contributed by atoms with E-state index in [0.717, 1.165) is 24.6 Å². The van der Waals surface area contributed by atoms with E-state index >= 15 is 0 Å². The molecule has 6 heteroatoms. The van der Waals surface area contributed by atoms with Crippen molar-refractivity contribution in [3.8, 4) is 0 Å². The second-order valence-electron chi connectivity index (χ2n) is 5.34. The largest absolute Gasteiger partial charge is 0.338 e. The van der Waals surface area contributed by atoms with Gasteiger partial charge in [0.05, 0.1) is 16.9 Å². The van der Waals surface area contributed by atoms with Gasteiger partial charge < -0.3 is 4.90 Å². The first kappa shape index (κ1) is 12.1. The first-order chi connectivity index (χ1) is 10.2. The lowest BCUT2D eigenvalue weighted by Crippen LogP contribution is -2.50. The highest BCUT2D eigenvalue weighted by Gasteiger charge is 2.31. The number of rotatable bonds is 2. The Morgan fingerprint density at radius 3 is 2.76 bits per heavy atom. The SMILES string of the molecule is Cn1c(N2CC(n3cccn3)C2)nc2ccccc2c1=O. The lowest BCUT2D eigenvalue weighted by atomic mass is 10.1. The molecule has 3 aromatic rings. The van der Waals surface area contributed by atoms with Crippen LogP contribution in [0.4, 0.5) is 5.95 Å². The summed E-state index contributed by atoms with van der Waals surface area (Å²) in [4.78, 5) is 19.1. The molecule has 4 rings (SSSR count). The summed E-state index contributed by atoms with van der Waals surface area (Å²) in [6, 6.07) is 9.74. The molecule has 0 aliphatic carbocycles. The topological polar surface area (TPSA) is 56.0 Å². The van der Waals surface area contributed by atoms with Crippen molar-refractivity contribution in [1.29, 1.82) is 0 Å². The van der Waals surface area contributed by atoms with Crippen LogP contribution < -0.4 is 10.5 Å². The lowest BCUT2D eigenvalue weighted by Gasteiger charge is -2.40. The van der Waals surface area contributed by atoms with E-state index in [1.807, 2.05) is 41.2 Å². The number of benzene rings is 1. The molecular weight excluding hydrogens is 266 g/mol. The van der Waals surface area contributed by atoms with Gasteiger partial charge >= 0.3 is 0 Å². The van der Waals surface area contributed by atoms with Crippen molar-refractivity contribution in [2.45, 2.75) is 6.04 Å². The molecule has 0 saturated carbocycles. The van der Waals surface area contributed by atoms with Crippen LogP contribution in [-0.4, -0.2) is 32.4 Å². The molecule has 106 valence electrons. The predicted octanol–water partition coefficient (Wildman–Crippen LogP) is 1.19. The van der Waals surface area contributed by atoms with Crippen molar-refractivity contribution in [3.63, 3.8) is 0 Å². The van der Waals surface area contributed by atoms with Gasteiger partial charge in [-0.2, -0.15) is 5.10 Å². The summed E-state index contributed by atoms with van der Waals surface area (Å²) in [6.07, 6.45) is 3.75. The van der Waals surface area contributed by atoms with Crippen LogP contribution in [0.25, 0.3) is 10.9 Å². The molecule has 21 heavy (non-hydrogen) atoms. The van der Waals surface area contributed by atoms with Gasteiger partial charge in [0, 0.05) is 32.5 Å². The van der Waals surface area contributed by atoms with Crippen LogP contribution in [0.5, 0.6) is 0 Å². The number of nitrogens with zero attached hydrogens (tertiary/aromatic N) is 5. The molecule has 1 aliphatic heterocycles. The molecule has 0 N–H and O–H groups in total. The van der Waals surface area contributed by atoms with Crippen LogP contribution in [0, 0.1) is 0 Å². The summed E-state index contributed by atoms with van der Waals surface area (Å²) in [5.74, 6) is 0.724. The number of fused-ring (bicyclic) bond motifs is 1. The monoisotopic (exact) mass is 281 g/mol. The van der Waals surface area contributed by atoms with Gasteiger partial charge in [0.2, 0.25) is 5.95 Å². The van der Waals surface area contributed by atoms with Gasteiger partial charge in [-0.3, -0.25) is 14.0 Å². The van der Waals surface area contributed by atoms with E-state index in [-0.39, 0.29) is 5.56 Å². The fraction of sp³-hybridized carbons (Fsp3) is 0.267. The Morgan fingerprint density at radius 2 is 2.00 bits per heavy atom. The molecule has 1 aliphatic rings. The third kappa shape index (κ3) is 1.83. The Bertz CT molecular complexity index is 846. The van der Waals surface area contributed by atoms with Crippen LogP contribution in [0.15, 0.2) is 47.5 Å². The standard InChI is InChI=1S/C15H15N5O/c1-18-14(21)12-5-2-3-6-13(12)17-15(18)19-9-11(10-19)20-8-4-7-16-20/h2-8,11H,9-10H2,1H3. The molecule has 0 atom stereocenters. The first-order valence-corrected chi connectivity index (χ1v) is 6.94. The van der Waals surface area contributed by atoms with E-state index in [4.69, 9.17) is 0 Å². The van der Waals surface area contributed by atoms with Crippen molar-refractivity contribution in [1.82, 2.24) is 19.3 Å². The normalized spacial score (nSPS) is 15.4. The third-order valence-electron chi connectivity index (χ3n) is 4.00. The number of aromatic nitrogens is 4. The molecule has 0 radical (unpaired) electrons. The number of para-hydroxylation sites is 1. The van der Waals surface area contributed by atoms with E-state index in [2.05, 4.69) is 15.0 Å². The zero-order valence-corrected chi connectivity index (χ0v) is 11.7. The van der Waals surface area contributed by atoms with Crippen molar-refractivity contribution in [3.05, 3.63) is 53.1 Å². The summed E-state index contributed by atoms with van der Waals surface area (Å²) in [5.41, 5.74) is 0.747.